The highest BCUT2D eigenvalue weighted by molar-refractivity contribution is 6.29. The maximum atomic E-state index is 12.4. The molecular formula is C17H21ClN4O. The number of halogens is 1. The normalized spacial score (nSPS) is 11.9. The molecule has 0 bridgehead atoms. The first-order valence-electron chi connectivity index (χ1n) is 7.45. The van der Waals surface area contributed by atoms with Crippen molar-refractivity contribution in [3.63, 3.8) is 0 Å². The number of hydrogen-bond acceptors (Lipinski definition) is 3. The molecule has 0 aliphatic rings. The summed E-state index contributed by atoms with van der Waals surface area (Å²) in [5, 5.41) is 3.27. The van der Waals surface area contributed by atoms with Crippen molar-refractivity contribution in [3.8, 4) is 0 Å². The summed E-state index contributed by atoms with van der Waals surface area (Å²) in [5.41, 5.74) is 3.48. The summed E-state index contributed by atoms with van der Waals surface area (Å²) in [7, 11) is 1.77. The molecule has 0 fully saturated rings. The fraction of sp³-hybridized carbons (Fsp3) is 0.353. The lowest BCUT2D eigenvalue weighted by Gasteiger charge is -2.25. The van der Waals surface area contributed by atoms with E-state index in [9.17, 15) is 4.79 Å². The Labute approximate surface area is 141 Å². The van der Waals surface area contributed by atoms with Crippen LogP contribution in [0.15, 0.2) is 30.5 Å². The van der Waals surface area contributed by atoms with E-state index < -0.39 is 0 Å². The first-order chi connectivity index (χ1) is 10.9. The van der Waals surface area contributed by atoms with Crippen LogP contribution in [0.2, 0.25) is 5.15 Å². The summed E-state index contributed by atoms with van der Waals surface area (Å²) in [6, 6.07) is 7.24. The minimum absolute atomic E-state index is 0.0184. The molecule has 1 atom stereocenters. The first-order valence-corrected chi connectivity index (χ1v) is 7.83. The molecule has 122 valence electrons. The Hall–Kier alpha value is -2.14. The standard InChI is InChI=1S/C17H21ClN4O/c1-11-7-8-19-14(9-11)10-12(2)22(4)17(23)21-15-5-6-16(18)20-13(15)3/h5-9,12H,10H2,1-4H3,(H,21,23)/t12-/m0/s1. The molecule has 23 heavy (non-hydrogen) atoms. The molecule has 1 N–H and O–H groups in total. The zero-order valence-electron chi connectivity index (χ0n) is 13.8. The Kier molecular flexibility index (Phi) is 5.55. The number of amides is 2. The van der Waals surface area contributed by atoms with Crippen molar-refractivity contribution in [2.24, 2.45) is 0 Å². The van der Waals surface area contributed by atoms with Crippen molar-refractivity contribution in [2.45, 2.75) is 33.2 Å². The number of nitrogens with one attached hydrogen (secondary N) is 1. The van der Waals surface area contributed by atoms with E-state index in [1.54, 1.807) is 30.3 Å². The molecule has 0 aliphatic heterocycles. The largest absolute Gasteiger partial charge is 0.324 e. The molecule has 2 heterocycles. The molecule has 5 nitrogen and oxygen atoms in total. The number of rotatable bonds is 4. The van der Waals surface area contributed by atoms with Crippen molar-refractivity contribution in [1.82, 2.24) is 14.9 Å². The van der Waals surface area contributed by atoms with Crippen LogP contribution in [0.4, 0.5) is 10.5 Å². The van der Waals surface area contributed by atoms with Crippen molar-refractivity contribution in [3.05, 3.63) is 52.6 Å². The minimum Gasteiger partial charge on any atom is -0.324 e. The van der Waals surface area contributed by atoms with Gasteiger partial charge in [0.1, 0.15) is 5.15 Å². The molecule has 0 saturated carbocycles. The predicted molar refractivity (Wildman–Crippen MR) is 92.9 cm³/mol. The lowest BCUT2D eigenvalue weighted by Crippen LogP contribution is -2.39. The number of pyridine rings is 2. The van der Waals surface area contributed by atoms with E-state index in [-0.39, 0.29) is 12.1 Å². The van der Waals surface area contributed by atoms with Gasteiger partial charge in [-0.25, -0.2) is 9.78 Å². The SMILES string of the molecule is Cc1ccnc(C[C@H](C)N(C)C(=O)Nc2ccc(Cl)nc2C)c1. The summed E-state index contributed by atoms with van der Waals surface area (Å²) in [6.45, 7) is 5.83. The lowest BCUT2D eigenvalue weighted by molar-refractivity contribution is 0.207. The molecule has 0 saturated heterocycles. The molecule has 2 rings (SSSR count). The van der Waals surface area contributed by atoms with Gasteiger partial charge < -0.3 is 10.2 Å². The van der Waals surface area contributed by atoms with Gasteiger partial charge >= 0.3 is 6.03 Å². The van der Waals surface area contributed by atoms with Crippen LogP contribution in [0.1, 0.15) is 23.9 Å². The molecule has 6 heteroatoms. The van der Waals surface area contributed by atoms with E-state index in [0.717, 1.165) is 11.3 Å². The van der Waals surface area contributed by atoms with E-state index in [0.29, 0.717) is 23.0 Å². The van der Waals surface area contributed by atoms with Gasteiger partial charge in [-0.3, -0.25) is 4.98 Å². The number of urea groups is 1. The smallest absolute Gasteiger partial charge is 0.321 e. The van der Waals surface area contributed by atoms with Crippen LogP contribution in [-0.2, 0) is 6.42 Å². The molecular weight excluding hydrogens is 312 g/mol. The zero-order chi connectivity index (χ0) is 17.0. The van der Waals surface area contributed by atoms with Crippen molar-refractivity contribution >= 4 is 23.3 Å². The van der Waals surface area contributed by atoms with Crippen LogP contribution < -0.4 is 5.32 Å². The number of carbonyl (C=O) groups is 1. The zero-order valence-corrected chi connectivity index (χ0v) is 14.6. The van der Waals surface area contributed by atoms with Gasteiger partial charge in [-0.15, -0.1) is 0 Å². The highest BCUT2D eigenvalue weighted by Gasteiger charge is 2.17. The monoisotopic (exact) mass is 332 g/mol. The third-order valence-corrected chi connectivity index (χ3v) is 3.96. The van der Waals surface area contributed by atoms with Gasteiger partial charge in [-0.05, 0) is 50.6 Å². The average Bonchev–Trinajstić information content (AvgIpc) is 2.49. The maximum absolute atomic E-state index is 12.4. The number of carbonyl (C=O) groups excluding carboxylic acids is 1. The Morgan fingerprint density at radius 1 is 1.35 bits per heavy atom. The first kappa shape index (κ1) is 17.2. The highest BCUT2D eigenvalue weighted by Crippen LogP contribution is 2.17. The van der Waals surface area contributed by atoms with E-state index in [4.69, 9.17) is 11.6 Å². The van der Waals surface area contributed by atoms with Crippen LogP contribution in [0.5, 0.6) is 0 Å². The molecule has 0 unspecified atom stereocenters. The summed E-state index contributed by atoms with van der Waals surface area (Å²) in [6.07, 6.45) is 2.49. The predicted octanol–water partition coefficient (Wildman–Crippen LogP) is 3.84. The number of aromatic nitrogens is 2. The molecule has 2 amide bonds. The second kappa shape index (κ2) is 7.42. The Bertz CT molecular complexity index is 705. The Balaban J connectivity index is 2.01. The van der Waals surface area contributed by atoms with Crippen molar-refractivity contribution < 1.29 is 4.79 Å². The quantitative estimate of drug-likeness (QED) is 0.865. The minimum atomic E-state index is -0.183. The summed E-state index contributed by atoms with van der Waals surface area (Å²) in [5.74, 6) is 0. The van der Waals surface area contributed by atoms with Gasteiger partial charge in [0.25, 0.3) is 0 Å². The van der Waals surface area contributed by atoms with Crippen LogP contribution in [-0.4, -0.2) is 34.0 Å². The van der Waals surface area contributed by atoms with E-state index in [1.807, 2.05) is 32.9 Å². The average molecular weight is 333 g/mol. The van der Waals surface area contributed by atoms with Crippen molar-refractivity contribution in [1.29, 1.82) is 0 Å². The molecule has 0 spiro atoms. The van der Waals surface area contributed by atoms with Crippen molar-refractivity contribution in [2.75, 3.05) is 12.4 Å². The second-order valence-corrected chi connectivity index (χ2v) is 6.07. The second-order valence-electron chi connectivity index (χ2n) is 5.69. The molecule has 0 radical (unpaired) electrons. The fourth-order valence-electron chi connectivity index (χ4n) is 2.22. The fourth-order valence-corrected chi connectivity index (χ4v) is 2.41. The number of likely N-dealkylation sites (N-methyl/N-ethyl adjacent to an activating group) is 1. The Morgan fingerprint density at radius 3 is 2.74 bits per heavy atom. The molecule has 2 aromatic rings. The van der Waals surface area contributed by atoms with Gasteiger partial charge in [0, 0.05) is 31.4 Å². The van der Waals surface area contributed by atoms with Crippen LogP contribution >= 0.6 is 11.6 Å². The van der Waals surface area contributed by atoms with Crippen LogP contribution in [0, 0.1) is 13.8 Å². The summed E-state index contributed by atoms with van der Waals surface area (Å²) >= 11 is 5.83. The summed E-state index contributed by atoms with van der Waals surface area (Å²) in [4.78, 5) is 22.5. The Morgan fingerprint density at radius 2 is 2.09 bits per heavy atom. The van der Waals surface area contributed by atoms with E-state index >= 15 is 0 Å². The number of nitrogens with zero attached hydrogens (tertiary/aromatic N) is 3. The highest BCUT2D eigenvalue weighted by atomic mass is 35.5. The van der Waals surface area contributed by atoms with E-state index in [2.05, 4.69) is 15.3 Å². The number of aryl methyl sites for hydroxylation is 2. The molecule has 2 aromatic heterocycles. The number of hydrogen-bond donors (Lipinski definition) is 1. The lowest BCUT2D eigenvalue weighted by atomic mass is 10.1. The van der Waals surface area contributed by atoms with Gasteiger partial charge in [0.15, 0.2) is 0 Å². The van der Waals surface area contributed by atoms with E-state index in [1.165, 1.54) is 0 Å². The topological polar surface area (TPSA) is 58.1 Å². The maximum Gasteiger partial charge on any atom is 0.321 e. The van der Waals surface area contributed by atoms with Gasteiger partial charge in [0.2, 0.25) is 0 Å². The molecule has 0 aromatic carbocycles. The van der Waals surface area contributed by atoms with Gasteiger partial charge in [-0.2, -0.15) is 0 Å². The van der Waals surface area contributed by atoms with Gasteiger partial charge in [-0.1, -0.05) is 11.6 Å². The van der Waals surface area contributed by atoms with Gasteiger partial charge in [0.05, 0.1) is 11.4 Å². The third-order valence-electron chi connectivity index (χ3n) is 3.75. The van der Waals surface area contributed by atoms with Crippen LogP contribution in [0.3, 0.4) is 0 Å². The third kappa shape index (κ3) is 4.66. The molecule has 0 aliphatic carbocycles. The van der Waals surface area contributed by atoms with Crippen LogP contribution in [0.25, 0.3) is 0 Å². The summed E-state index contributed by atoms with van der Waals surface area (Å²) < 4.78 is 0. The number of anilines is 1.